The topological polar surface area (TPSA) is 57.5 Å². The summed E-state index contributed by atoms with van der Waals surface area (Å²) >= 11 is 0. The second-order valence-corrected chi connectivity index (χ2v) is 10.5. The van der Waals surface area contributed by atoms with Gasteiger partial charge in [0, 0.05) is 0 Å². The first kappa shape index (κ1) is 24.1. The highest BCUT2D eigenvalue weighted by Crippen LogP contribution is 2.36. The van der Waals surface area contributed by atoms with Crippen LogP contribution in [0.15, 0.2) is 0 Å². The third kappa shape index (κ3) is 17.0. The minimum atomic E-state index is -3.81. The van der Waals surface area contributed by atoms with Gasteiger partial charge in [0.05, 0.1) is 6.16 Å². The lowest BCUT2D eigenvalue weighted by molar-refractivity contribution is 0.358. The quantitative estimate of drug-likeness (QED) is 0.321. The smallest absolute Gasteiger partial charge is 0.324 e. The Bertz CT molecular complexity index is 338. The molecule has 146 valence electrons. The average Bonchev–Trinajstić information content (AvgIpc) is 2.44. The minimum absolute atomic E-state index is 0.0401. The Morgan fingerprint density at radius 3 is 1.29 bits per heavy atom. The van der Waals surface area contributed by atoms with Gasteiger partial charge >= 0.3 is 7.60 Å². The molecule has 24 heavy (non-hydrogen) atoms. The number of hydrogen-bond acceptors (Lipinski definition) is 1. The van der Waals surface area contributed by atoms with Gasteiger partial charge < -0.3 is 9.79 Å². The summed E-state index contributed by atoms with van der Waals surface area (Å²) in [6.45, 7) is 11.5. The fraction of sp³-hybridized carbons (Fsp3) is 1.00. The zero-order chi connectivity index (χ0) is 18.6. The Hall–Kier alpha value is 0.150. The van der Waals surface area contributed by atoms with Crippen LogP contribution >= 0.6 is 7.60 Å². The molecule has 0 aromatic rings. The lowest BCUT2D eigenvalue weighted by Crippen LogP contribution is -2.02. The van der Waals surface area contributed by atoms with Crippen molar-refractivity contribution in [1.29, 1.82) is 0 Å². The molecule has 3 atom stereocenters. The third-order valence-corrected chi connectivity index (χ3v) is 6.02. The summed E-state index contributed by atoms with van der Waals surface area (Å²) in [5.41, 5.74) is 0. The SMILES string of the molecule is CC(C)CCC[C@@H](C)CCC[C@@H](C)CCC[C@@H](C)CCP(=O)(O)O. The van der Waals surface area contributed by atoms with Gasteiger partial charge in [0.15, 0.2) is 0 Å². The van der Waals surface area contributed by atoms with Crippen LogP contribution in [0, 0.1) is 23.7 Å². The van der Waals surface area contributed by atoms with Gasteiger partial charge in [-0.3, -0.25) is 4.57 Å². The van der Waals surface area contributed by atoms with E-state index in [0.717, 1.165) is 24.2 Å². The molecule has 0 radical (unpaired) electrons. The first-order chi connectivity index (χ1) is 11.1. The van der Waals surface area contributed by atoms with Gasteiger partial charge in [-0.05, 0) is 30.1 Å². The van der Waals surface area contributed by atoms with Gasteiger partial charge in [-0.15, -0.1) is 0 Å². The predicted octanol–water partition coefficient (Wildman–Crippen LogP) is 6.63. The molecule has 0 saturated carbocycles. The molecular formula is C20H43O3P. The molecule has 3 nitrogen and oxygen atoms in total. The highest BCUT2D eigenvalue weighted by Gasteiger charge is 2.15. The average molecular weight is 363 g/mol. The molecule has 4 heteroatoms. The monoisotopic (exact) mass is 362 g/mol. The minimum Gasteiger partial charge on any atom is -0.324 e. The first-order valence-electron chi connectivity index (χ1n) is 10.1. The molecule has 0 unspecified atom stereocenters. The third-order valence-electron chi connectivity index (χ3n) is 5.18. The maximum absolute atomic E-state index is 10.9. The summed E-state index contributed by atoms with van der Waals surface area (Å²) in [6, 6.07) is 0. The molecule has 0 amide bonds. The van der Waals surface area contributed by atoms with Crippen molar-refractivity contribution < 1.29 is 14.4 Å². The Kier molecular flexibility index (Phi) is 13.5. The predicted molar refractivity (Wildman–Crippen MR) is 105 cm³/mol. The van der Waals surface area contributed by atoms with E-state index in [9.17, 15) is 4.57 Å². The van der Waals surface area contributed by atoms with Crippen molar-refractivity contribution in [3.05, 3.63) is 0 Å². The Morgan fingerprint density at radius 2 is 0.958 bits per heavy atom. The highest BCUT2D eigenvalue weighted by molar-refractivity contribution is 7.51. The fourth-order valence-corrected chi connectivity index (χ4v) is 4.10. The standard InChI is InChI=1S/C20H43O3P/c1-17(2)9-6-10-18(3)11-7-12-19(4)13-8-14-20(5)15-16-24(21,22)23/h17-20H,6-16H2,1-5H3,(H2,21,22,23)/t18-,19-,20-/m1/s1. The molecule has 0 aliphatic heterocycles. The van der Waals surface area contributed by atoms with Gasteiger partial charge in [-0.25, -0.2) is 0 Å². The van der Waals surface area contributed by atoms with E-state index in [1.807, 2.05) is 0 Å². The zero-order valence-electron chi connectivity index (χ0n) is 16.8. The molecule has 0 spiro atoms. The molecular weight excluding hydrogens is 319 g/mol. The summed E-state index contributed by atoms with van der Waals surface area (Å²) in [5, 5.41) is 0. The number of hydrogen-bond donors (Lipinski definition) is 2. The van der Waals surface area contributed by atoms with E-state index in [1.54, 1.807) is 0 Å². The van der Waals surface area contributed by atoms with Crippen molar-refractivity contribution in [2.45, 2.75) is 98.8 Å². The molecule has 0 aromatic carbocycles. The molecule has 0 saturated heterocycles. The molecule has 0 aromatic heterocycles. The van der Waals surface area contributed by atoms with Crippen LogP contribution in [0.5, 0.6) is 0 Å². The van der Waals surface area contributed by atoms with E-state index in [2.05, 4.69) is 34.6 Å². The molecule has 0 aliphatic carbocycles. The van der Waals surface area contributed by atoms with E-state index < -0.39 is 7.60 Å². The van der Waals surface area contributed by atoms with Crippen LogP contribution in [0.2, 0.25) is 0 Å². The van der Waals surface area contributed by atoms with Crippen molar-refractivity contribution in [3.63, 3.8) is 0 Å². The Balaban J connectivity index is 3.58. The first-order valence-corrected chi connectivity index (χ1v) is 11.9. The van der Waals surface area contributed by atoms with Gasteiger partial charge in [0.1, 0.15) is 0 Å². The van der Waals surface area contributed by atoms with Gasteiger partial charge in [-0.1, -0.05) is 92.4 Å². The number of rotatable bonds is 15. The highest BCUT2D eigenvalue weighted by atomic mass is 31.2. The van der Waals surface area contributed by atoms with Crippen LogP contribution in [0.1, 0.15) is 98.8 Å². The van der Waals surface area contributed by atoms with Crippen molar-refractivity contribution in [2.75, 3.05) is 6.16 Å². The van der Waals surface area contributed by atoms with Crippen molar-refractivity contribution in [1.82, 2.24) is 0 Å². The van der Waals surface area contributed by atoms with Crippen LogP contribution in [-0.4, -0.2) is 15.9 Å². The second-order valence-electron chi connectivity index (χ2n) is 8.68. The molecule has 0 fully saturated rings. The van der Waals surface area contributed by atoms with E-state index >= 15 is 0 Å². The maximum Gasteiger partial charge on any atom is 0.325 e. The molecule has 0 heterocycles. The van der Waals surface area contributed by atoms with E-state index in [4.69, 9.17) is 9.79 Å². The van der Waals surface area contributed by atoms with E-state index in [1.165, 1.54) is 51.4 Å². The van der Waals surface area contributed by atoms with Crippen LogP contribution in [0.3, 0.4) is 0 Å². The fourth-order valence-electron chi connectivity index (χ4n) is 3.33. The van der Waals surface area contributed by atoms with Crippen LogP contribution in [0.4, 0.5) is 0 Å². The van der Waals surface area contributed by atoms with E-state index in [-0.39, 0.29) is 6.16 Å². The van der Waals surface area contributed by atoms with Crippen molar-refractivity contribution in [3.8, 4) is 0 Å². The zero-order valence-corrected chi connectivity index (χ0v) is 17.7. The van der Waals surface area contributed by atoms with E-state index in [0.29, 0.717) is 12.3 Å². The Labute approximate surface area is 151 Å². The maximum atomic E-state index is 10.9. The van der Waals surface area contributed by atoms with Crippen LogP contribution in [0.25, 0.3) is 0 Å². The molecule has 2 N–H and O–H groups in total. The van der Waals surface area contributed by atoms with Crippen LogP contribution < -0.4 is 0 Å². The van der Waals surface area contributed by atoms with Crippen LogP contribution in [-0.2, 0) is 4.57 Å². The summed E-state index contributed by atoms with van der Waals surface area (Å²) in [4.78, 5) is 17.8. The lowest BCUT2D eigenvalue weighted by atomic mass is 9.91. The molecule has 0 bridgehead atoms. The van der Waals surface area contributed by atoms with Crippen molar-refractivity contribution in [2.24, 2.45) is 23.7 Å². The normalized spacial score (nSPS) is 16.3. The summed E-state index contributed by atoms with van der Waals surface area (Å²) in [6.07, 6.45) is 12.4. The van der Waals surface area contributed by atoms with Gasteiger partial charge in [-0.2, -0.15) is 0 Å². The largest absolute Gasteiger partial charge is 0.325 e. The summed E-state index contributed by atoms with van der Waals surface area (Å²) in [7, 11) is -3.81. The lowest BCUT2D eigenvalue weighted by Gasteiger charge is -2.16. The second kappa shape index (κ2) is 13.4. The molecule has 0 rings (SSSR count). The molecule has 0 aliphatic rings. The summed E-state index contributed by atoms with van der Waals surface area (Å²) in [5.74, 6) is 2.90. The van der Waals surface area contributed by atoms with Gasteiger partial charge in [0.2, 0.25) is 0 Å². The summed E-state index contributed by atoms with van der Waals surface area (Å²) < 4.78 is 10.9. The van der Waals surface area contributed by atoms with Gasteiger partial charge in [0.25, 0.3) is 0 Å². The van der Waals surface area contributed by atoms with Crippen molar-refractivity contribution >= 4 is 7.60 Å². The Morgan fingerprint density at radius 1 is 0.625 bits per heavy atom.